The predicted molar refractivity (Wildman–Crippen MR) is 82.8 cm³/mol. The maximum Gasteiger partial charge on any atom is 0.316 e. The molecule has 0 atom stereocenters. The molecule has 0 unspecified atom stereocenters. The highest BCUT2D eigenvalue weighted by Crippen LogP contribution is 2.27. The van der Waals surface area contributed by atoms with Gasteiger partial charge in [-0.05, 0) is 45.7 Å². The fraction of sp³-hybridized carbons (Fsp3) is 0.562. The highest BCUT2D eigenvalue weighted by molar-refractivity contribution is 8.00. The average molecular weight is 311 g/mol. The minimum Gasteiger partial charge on any atom is -0.459 e. The van der Waals surface area contributed by atoms with Crippen molar-refractivity contribution in [1.82, 2.24) is 5.32 Å². The summed E-state index contributed by atoms with van der Waals surface area (Å²) in [6.45, 7) is 6.02. The number of benzene rings is 1. The summed E-state index contributed by atoms with van der Waals surface area (Å²) in [4.78, 5) is 12.6. The molecule has 0 spiro atoms. The van der Waals surface area contributed by atoms with Gasteiger partial charge in [0, 0.05) is 23.0 Å². The number of esters is 1. The Morgan fingerprint density at radius 2 is 2.14 bits per heavy atom. The monoisotopic (exact) mass is 311 g/mol. The van der Waals surface area contributed by atoms with Crippen LogP contribution < -0.4 is 5.32 Å². The van der Waals surface area contributed by atoms with Crippen molar-refractivity contribution in [1.29, 1.82) is 0 Å². The van der Waals surface area contributed by atoms with E-state index in [1.54, 1.807) is 6.07 Å². The molecule has 1 aromatic rings. The first-order chi connectivity index (χ1) is 9.85. The van der Waals surface area contributed by atoms with E-state index in [1.165, 1.54) is 17.8 Å². The minimum absolute atomic E-state index is 0.192. The van der Waals surface area contributed by atoms with Gasteiger partial charge < -0.3 is 10.1 Å². The van der Waals surface area contributed by atoms with Crippen LogP contribution in [0.3, 0.4) is 0 Å². The van der Waals surface area contributed by atoms with Crippen LogP contribution in [-0.4, -0.2) is 23.4 Å². The van der Waals surface area contributed by atoms with E-state index in [9.17, 15) is 9.18 Å². The summed E-state index contributed by atoms with van der Waals surface area (Å²) in [5.74, 6) is -0.313. The lowest BCUT2D eigenvalue weighted by Crippen LogP contribution is -2.25. The zero-order valence-corrected chi connectivity index (χ0v) is 13.6. The van der Waals surface area contributed by atoms with Gasteiger partial charge in [0.2, 0.25) is 0 Å². The molecule has 0 aromatic heterocycles. The third-order valence-corrected chi connectivity index (χ3v) is 4.06. The van der Waals surface area contributed by atoms with E-state index < -0.39 is 5.60 Å². The second-order valence-electron chi connectivity index (χ2n) is 6.25. The van der Waals surface area contributed by atoms with Crippen LogP contribution in [0.25, 0.3) is 0 Å². The Labute approximate surface area is 129 Å². The van der Waals surface area contributed by atoms with Crippen LogP contribution in [0.2, 0.25) is 0 Å². The molecule has 0 heterocycles. The second kappa shape index (κ2) is 6.79. The van der Waals surface area contributed by atoms with E-state index in [0.717, 1.165) is 17.7 Å². The third kappa shape index (κ3) is 5.67. The lowest BCUT2D eigenvalue weighted by atomic mass is 10.2. The van der Waals surface area contributed by atoms with Crippen molar-refractivity contribution >= 4 is 17.7 Å². The summed E-state index contributed by atoms with van der Waals surface area (Å²) in [5, 5.41) is 3.31. The van der Waals surface area contributed by atoms with Gasteiger partial charge in [-0.25, -0.2) is 4.39 Å². The number of halogens is 1. The summed E-state index contributed by atoms with van der Waals surface area (Å²) in [7, 11) is 0. The normalized spacial score (nSPS) is 15.0. The molecular formula is C16H22FNO2S. The Kier molecular flexibility index (Phi) is 5.27. The van der Waals surface area contributed by atoms with Crippen molar-refractivity contribution in [3.8, 4) is 0 Å². The van der Waals surface area contributed by atoms with E-state index in [4.69, 9.17) is 4.74 Å². The Morgan fingerprint density at radius 3 is 2.76 bits per heavy atom. The number of hydrogen-bond donors (Lipinski definition) is 1. The number of carbonyl (C=O) groups is 1. The molecule has 116 valence electrons. The van der Waals surface area contributed by atoms with Crippen molar-refractivity contribution in [2.75, 3.05) is 5.75 Å². The lowest BCUT2D eigenvalue weighted by Gasteiger charge is -2.19. The summed E-state index contributed by atoms with van der Waals surface area (Å²) in [5.41, 5.74) is 0.147. The van der Waals surface area contributed by atoms with Crippen molar-refractivity contribution in [3.63, 3.8) is 0 Å². The quantitative estimate of drug-likeness (QED) is 0.644. The molecule has 1 saturated carbocycles. The zero-order valence-electron chi connectivity index (χ0n) is 12.7. The molecule has 1 aliphatic rings. The van der Waals surface area contributed by atoms with E-state index >= 15 is 0 Å². The summed E-state index contributed by atoms with van der Waals surface area (Å²) >= 11 is 1.33. The Hall–Kier alpha value is -1.07. The van der Waals surface area contributed by atoms with Gasteiger partial charge >= 0.3 is 5.97 Å². The Balaban J connectivity index is 1.95. The van der Waals surface area contributed by atoms with Crippen LogP contribution in [0.5, 0.6) is 0 Å². The molecule has 1 N–H and O–H groups in total. The fourth-order valence-electron chi connectivity index (χ4n) is 1.89. The molecule has 0 saturated heterocycles. The average Bonchev–Trinajstić information content (AvgIpc) is 3.17. The first-order valence-electron chi connectivity index (χ1n) is 7.20. The van der Waals surface area contributed by atoms with E-state index in [2.05, 4.69) is 5.32 Å². The maximum atomic E-state index is 13.9. The predicted octanol–water partition coefficient (Wildman–Crippen LogP) is 3.51. The molecule has 1 aromatic carbocycles. The molecule has 0 bridgehead atoms. The molecule has 1 fully saturated rings. The zero-order chi connectivity index (χ0) is 15.5. The van der Waals surface area contributed by atoms with Crippen molar-refractivity contribution in [2.24, 2.45) is 0 Å². The number of thioether (sulfide) groups is 1. The van der Waals surface area contributed by atoms with E-state index in [-0.39, 0.29) is 17.5 Å². The highest BCUT2D eigenvalue weighted by atomic mass is 32.2. The SMILES string of the molecule is CC(C)(C)OC(=O)CSc1cccc(F)c1CNC1CC1. The number of hydrogen-bond acceptors (Lipinski definition) is 4. The van der Waals surface area contributed by atoms with Gasteiger partial charge in [0.25, 0.3) is 0 Å². The van der Waals surface area contributed by atoms with Gasteiger partial charge in [-0.1, -0.05) is 6.07 Å². The van der Waals surface area contributed by atoms with Crippen molar-refractivity contribution < 1.29 is 13.9 Å². The van der Waals surface area contributed by atoms with Gasteiger partial charge in [-0.3, -0.25) is 4.79 Å². The molecule has 3 nitrogen and oxygen atoms in total. The highest BCUT2D eigenvalue weighted by Gasteiger charge is 2.22. The van der Waals surface area contributed by atoms with Crippen LogP contribution in [0.4, 0.5) is 4.39 Å². The molecule has 2 rings (SSSR count). The van der Waals surface area contributed by atoms with Gasteiger partial charge in [0.05, 0.1) is 5.75 Å². The minimum atomic E-state index is -0.490. The molecule has 1 aliphatic carbocycles. The number of ether oxygens (including phenoxy) is 1. The van der Waals surface area contributed by atoms with Crippen LogP contribution >= 0.6 is 11.8 Å². The second-order valence-corrected chi connectivity index (χ2v) is 7.26. The summed E-state index contributed by atoms with van der Waals surface area (Å²) in [6, 6.07) is 5.50. The van der Waals surface area contributed by atoms with Crippen molar-refractivity contribution in [2.45, 2.75) is 56.7 Å². The first-order valence-corrected chi connectivity index (χ1v) is 8.19. The maximum absolute atomic E-state index is 13.9. The third-order valence-electron chi connectivity index (χ3n) is 2.99. The number of nitrogens with one attached hydrogen (secondary N) is 1. The van der Waals surface area contributed by atoms with E-state index in [0.29, 0.717) is 18.2 Å². The largest absolute Gasteiger partial charge is 0.459 e. The molecule has 0 amide bonds. The van der Waals surface area contributed by atoms with Crippen LogP contribution in [-0.2, 0) is 16.1 Å². The van der Waals surface area contributed by atoms with Crippen LogP contribution in [0.1, 0.15) is 39.2 Å². The van der Waals surface area contributed by atoms with Gasteiger partial charge in [0.15, 0.2) is 0 Å². The topological polar surface area (TPSA) is 38.3 Å². The van der Waals surface area contributed by atoms with Gasteiger partial charge in [0.1, 0.15) is 11.4 Å². The Bertz CT molecular complexity index is 509. The van der Waals surface area contributed by atoms with Crippen LogP contribution in [0, 0.1) is 5.82 Å². The molecule has 5 heteroatoms. The summed E-state index contributed by atoms with van der Waals surface area (Å²) in [6.07, 6.45) is 2.32. The Morgan fingerprint density at radius 1 is 1.43 bits per heavy atom. The molecular weight excluding hydrogens is 289 g/mol. The van der Waals surface area contributed by atoms with Crippen LogP contribution in [0.15, 0.2) is 23.1 Å². The molecule has 0 aliphatic heterocycles. The number of rotatable bonds is 6. The standard InChI is InChI=1S/C16H22FNO2S/c1-16(2,3)20-15(19)10-21-14-6-4-5-13(17)12(14)9-18-11-7-8-11/h4-6,11,18H,7-10H2,1-3H3. The van der Waals surface area contributed by atoms with Gasteiger partial charge in [-0.15, -0.1) is 11.8 Å². The fourth-order valence-corrected chi connectivity index (χ4v) is 2.74. The molecule has 0 radical (unpaired) electrons. The first kappa shape index (κ1) is 16.3. The van der Waals surface area contributed by atoms with Crippen molar-refractivity contribution in [3.05, 3.63) is 29.6 Å². The summed E-state index contributed by atoms with van der Waals surface area (Å²) < 4.78 is 19.2. The smallest absolute Gasteiger partial charge is 0.316 e. The number of carbonyl (C=O) groups excluding carboxylic acids is 1. The molecule has 21 heavy (non-hydrogen) atoms. The van der Waals surface area contributed by atoms with E-state index in [1.807, 2.05) is 26.8 Å². The van der Waals surface area contributed by atoms with Gasteiger partial charge in [-0.2, -0.15) is 0 Å². The lowest BCUT2D eigenvalue weighted by molar-refractivity contribution is -0.151.